The van der Waals surface area contributed by atoms with Crippen LogP contribution in [0.25, 0.3) is 0 Å². The summed E-state index contributed by atoms with van der Waals surface area (Å²) in [7, 11) is 0. The zero-order valence-corrected chi connectivity index (χ0v) is 9.35. The largest absolute Gasteiger partial charge is 0.490 e. The molecule has 0 aromatic rings. The average molecular weight is 241 g/mol. The van der Waals surface area contributed by atoms with Crippen LogP contribution in [0.15, 0.2) is 0 Å². The third-order valence-corrected chi connectivity index (χ3v) is 2.08. The van der Waals surface area contributed by atoms with E-state index in [0.29, 0.717) is 6.42 Å². The number of hydrogen-bond acceptors (Lipinski definition) is 3. The van der Waals surface area contributed by atoms with Crippen molar-refractivity contribution in [2.75, 3.05) is 0 Å². The van der Waals surface area contributed by atoms with Crippen LogP contribution in [-0.4, -0.2) is 18.4 Å². The zero-order chi connectivity index (χ0) is 12.6. The van der Waals surface area contributed by atoms with E-state index in [1.165, 1.54) is 0 Å². The molecule has 0 heterocycles. The highest BCUT2D eigenvalue weighted by molar-refractivity contribution is 5.75. The molecule has 0 saturated heterocycles. The summed E-state index contributed by atoms with van der Waals surface area (Å²) in [4.78, 5) is 10.4. The molecule has 6 heteroatoms. The van der Waals surface area contributed by atoms with E-state index in [2.05, 4.69) is 11.7 Å². The van der Waals surface area contributed by atoms with Gasteiger partial charge in [0, 0.05) is 0 Å². The average Bonchev–Trinajstić information content (AvgIpc) is 2.16. The molecule has 0 amide bonds. The lowest BCUT2D eigenvalue weighted by Crippen LogP contribution is -2.34. The van der Waals surface area contributed by atoms with Crippen LogP contribution in [0, 0.1) is 0 Å². The Kier molecular flexibility index (Phi) is 7.12. The van der Waals surface area contributed by atoms with Crippen LogP contribution in [0.1, 0.15) is 45.4 Å². The second-order valence-corrected chi connectivity index (χ2v) is 3.64. The lowest BCUT2D eigenvalue weighted by atomic mass is 10.1. The Morgan fingerprint density at radius 2 is 1.81 bits per heavy atom. The number of carbonyl (C=O) groups excluding carboxylic acids is 1. The van der Waals surface area contributed by atoms with Gasteiger partial charge in [-0.2, -0.15) is 13.2 Å². The van der Waals surface area contributed by atoms with Crippen LogP contribution >= 0.6 is 0 Å². The summed E-state index contributed by atoms with van der Waals surface area (Å²) >= 11 is 0. The summed E-state index contributed by atoms with van der Waals surface area (Å²) in [5, 5.41) is 0. The van der Waals surface area contributed by atoms with E-state index in [1.807, 2.05) is 0 Å². The minimum atomic E-state index is -4.96. The molecule has 0 radical (unpaired) electrons. The first-order valence-electron chi connectivity index (χ1n) is 5.41. The van der Waals surface area contributed by atoms with Gasteiger partial charge in [-0.15, -0.1) is 0 Å². The highest BCUT2D eigenvalue weighted by Gasteiger charge is 2.41. The van der Waals surface area contributed by atoms with Gasteiger partial charge in [-0.1, -0.05) is 32.6 Å². The van der Waals surface area contributed by atoms with Crippen molar-refractivity contribution in [3.8, 4) is 0 Å². The van der Waals surface area contributed by atoms with Gasteiger partial charge in [0.05, 0.1) is 0 Å². The minimum Gasteiger partial charge on any atom is -0.440 e. The molecule has 3 nitrogen and oxygen atoms in total. The van der Waals surface area contributed by atoms with Crippen molar-refractivity contribution in [1.29, 1.82) is 0 Å². The first-order valence-corrected chi connectivity index (χ1v) is 5.41. The maximum Gasteiger partial charge on any atom is 0.490 e. The smallest absolute Gasteiger partial charge is 0.440 e. The van der Waals surface area contributed by atoms with Crippen molar-refractivity contribution in [1.82, 2.24) is 0 Å². The molecule has 1 atom stereocenters. The molecule has 0 saturated carbocycles. The van der Waals surface area contributed by atoms with Crippen LogP contribution in [0.3, 0.4) is 0 Å². The molecule has 0 aliphatic rings. The Bertz CT molecular complexity index is 207. The molecule has 0 aliphatic heterocycles. The molecule has 16 heavy (non-hydrogen) atoms. The van der Waals surface area contributed by atoms with E-state index in [-0.39, 0.29) is 6.42 Å². The summed E-state index contributed by atoms with van der Waals surface area (Å²) < 4.78 is 39.3. The standard InChI is InChI=1S/C10H18F3NO2/c1-2-3-4-5-6-7-8(14)16-9(15)10(11,12)13/h8H,2-7,14H2,1H3. The van der Waals surface area contributed by atoms with E-state index in [9.17, 15) is 18.0 Å². The van der Waals surface area contributed by atoms with E-state index in [0.717, 1.165) is 25.7 Å². The molecule has 0 bridgehead atoms. The Morgan fingerprint density at radius 3 is 2.31 bits per heavy atom. The maximum absolute atomic E-state index is 11.8. The number of nitrogens with two attached hydrogens (primary N) is 1. The Hall–Kier alpha value is -0.780. The number of alkyl halides is 3. The maximum atomic E-state index is 11.8. The predicted octanol–water partition coefficient (Wildman–Crippen LogP) is 2.74. The molecule has 1 unspecified atom stereocenters. The highest BCUT2D eigenvalue weighted by Crippen LogP contribution is 2.17. The van der Waals surface area contributed by atoms with Crippen LogP contribution in [0.2, 0.25) is 0 Å². The van der Waals surface area contributed by atoms with Gasteiger partial charge >= 0.3 is 12.1 Å². The lowest BCUT2D eigenvalue weighted by molar-refractivity contribution is -0.204. The van der Waals surface area contributed by atoms with Gasteiger partial charge in [0.25, 0.3) is 0 Å². The molecule has 0 spiro atoms. The molecule has 0 aromatic heterocycles. The number of unbranched alkanes of at least 4 members (excludes halogenated alkanes) is 4. The van der Waals surface area contributed by atoms with Gasteiger partial charge < -0.3 is 4.74 Å². The first kappa shape index (κ1) is 15.2. The van der Waals surface area contributed by atoms with E-state index in [1.54, 1.807) is 0 Å². The number of rotatable bonds is 7. The summed E-state index contributed by atoms with van der Waals surface area (Å²) in [5.74, 6) is -2.21. The molecule has 0 aliphatic carbocycles. The fourth-order valence-corrected chi connectivity index (χ4v) is 1.21. The number of ether oxygens (including phenoxy) is 1. The minimum absolute atomic E-state index is 0.269. The third-order valence-electron chi connectivity index (χ3n) is 2.08. The van der Waals surface area contributed by atoms with Gasteiger partial charge in [0.15, 0.2) is 6.23 Å². The summed E-state index contributed by atoms with van der Waals surface area (Å²) in [5.41, 5.74) is 5.24. The van der Waals surface area contributed by atoms with Gasteiger partial charge in [-0.25, -0.2) is 4.79 Å². The molecular formula is C10H18F3NO2. The fraction of sp³-hybridized carbons (Fsp3) is 0.900. The number of hydrogen-bond donors (Lipinski definition) is 1. The zero-order valence-electron chi connectivity index (χ0n) is 9.35. The predicted molar refractivity (Wildman–Crippen MR) is 53.5 cm³/mol. The topological polar surface area (TPSA) is 52.3 Å². The normalized spacial score (nSPS) is 13.6. The molecule has 0 aromatic carbocycles. The lowest BCUT2D eigenvalue weighted by Gasteiger charge is -2.13. The van der Waals surface area contributed by atoms with Crippen molar-refractivity contribution in [3.63, 3.8) is 0 Å². The van der Waals surface area contributed by atoms with Crippen molar-refractivity contribution >= 4 is 5.97 Å². The second-order valence-electron chi connectivity index (χ2n) is 3.64. The molecule has 0 rings (SSSR count). The quantitative estimate of drug-likeness (QED) is 0.423. The SMILES string of the molecule is CCCCCCCC(N)OC(=O)C(F)(F)F. The summed E-state index contributed by atoms with van der Waals surface area (Å²) in [6.07, 6.45) is -1.07. The van der Waals surface area contributed by atoms with Crippen LogP contribution in [0.4, 0.5) is 13.2 Å². The first-order chi connectivity index (χ1) is 7.38. The Balaban J connectivity index is 3.59. The van der Waals surface area contributed by atoms with Crippen LogP contribution < -0.4 is 5.73 Å². The molecular weight excluding hydrogens is 223 g/mol. The van der Waals surface area contributed by atoms with Crippen molar-refractivity contribution in [2.24, 2.45) is 5.73 Å². The summed E-state index contributed by atoms with van der Waals surface area (Å²) in [6, 6.07) is 0. The van der Waals surface area contributed by atoms with Gasteiger partial charge in [-0.3, -0.25) is 5.73 Å². The molecule has 0 fully saturated rings. The summed E-state index contributed by atoms with van der Waals surface area (Å²) in [6.45, 7) is 2.07. The fourth-order valence-electron chi connectivity index (χ4n) is 1.21. The van der Waals surface area contributed by atoms with Crippen LogP contribution in [0.5, 0.6) is 0 Å². The third kappa shape index (κ3) is 7.50. The van der Waals surface area contributed by atoms with Crippen molar-refractivity contribution < 1.29 is 22.7 Å². The monoisotopic (exact) mass is 241 g/mol. The number of carbonyl (C=O) groups is 1. The van der Waals surface area contributed by atoms with Gasteiger partial charge in [0.2, 0.25) is 0 Å². The molecule has 2 N–H and O–H groups in total. The van der Waals surface area contributed by atoms with E-state index >= 15 is 0 Å². The highest BCUT2D eigenvalue weighted by atomic mass is 19.4. The van der Waals surface area contributed by atoms with Gasteiger partial charge in [-0.05, 0) is 12.8 Å². The Morgan fingerprint density at radius 1 is 1.25 bits per heavy atom. The Labute approximate surface area is 93.1 Å². The second kappa shape index (κ2) is 7.49. The molecule has 96 valence electrons. The van der Waals surface area contributed by atoms with Crippen molar-refractivity contribution in [2.45, 2.75) is 57.9 Å². The van der Waals surface area contributed by atoms with E-state index < -0.39 is 18.4 Å². The van der Waals surface area contributed by atoms with E-state index in [4.69, 9.17) is 5.73 Å². The number of esters is 1. The van der Waals surface area contributed by atoms with Gasteiger partial charge in [0.1, 0.15) is 0 Å². The van der Waals surface area contributed by atoms with Crippen molar-refractivity contribution in [3.05, 3.63) is 0 Å². The van der Waals surface area contributed by atoms with Crippen LogP contribution in [-0.2, 0) is 9.53 Å². The number of halogens is 3.